The summed E-state index contributed by atoms with van der Waals surface area (Å²) in [6, 6.07) is 21.2. The first kappa shape index (κ1) is 21.2. The smallest absolute Gasteiger partial charge is 0.230 e. The standard InChI is InChI=1S/C22H15ClIN3OS2/c23-14-7-5-13(6-8-14)11-20(28)27-22(29)26-17-10-9-15(24)12-16(17)21-25-18-3-1-2-4-19(18)30-21/h1-10,12H,11H2,(H2,26,27,28,29). The number of anilines is 1. The number of benzene rings is 3. The molecule has 3 aromatic carbocycles. The molecular weight excluding hydrogens is 549 g/mol. The van der Waals surface area contributed by atoms with E-state index >= 15 is 0 Å². The average Bonchev–Trinajstić information content (AvgIpc) is 3.15. The van der Waals surface area contributed by atoms with Crippen molar-refractivity contribution in [2.24, 2.45) is 0 Å². The van der Waals surface area contributed by atoms with E-state index in [1.54, 1.807) is 23.5 Å². The van der Waals surface area contributed by atoms with E-state index < -0.39 is 0 Å². The fourth-order valence-corrected chi connectivity index (χ4v) is 4.74. The van der Waals surface area contributed by atoms with Gasteiger partial charge in [-0.2, -0.15) is 0 Å². The highest BCUT2D eigenvalue weighted by Gasteiger charge is 2.13. The van der Waals surface area contributed by atoms with Crippen LogP contribution in [0, 0.1) is 3.57 Å². The van der Waals surface area contributed by atoms with Crippen molar-refractivity contribution >= 4 is 84.7 Å². The molecule has 0 spiro atoms. The largest absolute Gasteiger partial charge is 0.332 e. The minimum atomic E-state index is -0.193. The highest BCUT2D eigenvalue weighted by atomic mass is 127. The number of hydrogen-bond donors (Lipinski definition) is 2. The molecule has 4 nitrogen and oxygen atoms in total. The van der Waals surface area contributed by atoms with Gasteiger partial charge >= 0.3 is 0 Å². The van der Waals surface area contributed by atoms with E-state index in [1.807, 2.05) is 42.5 Å². The van der Waals surface area contributed by atoms with Gasteiger partial charge in [-0.1, -0.05) is 35.9 Å². The molecule has 0 saturated heterocycles. The Labute approximate surface area is 201 Å². The fraction of sp³-hybridized carbons (Fsp3) is 0.0455. The minimum absolute atomic E-state index is 0.193. The zero-order valence-corrected chi connectivity index (χ0v) is 20.0. The zero-order chi connectivity index (χ0) is 21.1. The predicted octanol–water partition coefficient (Wildman–Crippen LogP) is 6.28. The van der Waals surface area contributed by atoms with Gasteiger partial charge in [0.25, 0.3) is 0 Å². The molecule has 0 saturated carbocycles. The van der Waals surface area contributed by atoms with E-state index in [1.165, 1.54) is 0 Å². The van der Waals surface area contributed by atoms with Crippen LogP contribution in [-0.4, -0.2) is 16.0 Å². The number of nitrogens with one attached hydrogen (secondary N) is 2. The Hall–Kier alpha value is -2.07. The molecule has 0 atom stereocenters. The molecule has 150 valence electrons. The van der Waals surface area contributed by atoms with Crippen LogP contribution in [0.15, 0.2) is 66.7 Å². The maximum absolute atomic E-state index is 12.3. The number of carbonyl (C=O) groups is 1. The summed E-state index contributed by atoms with van der Waals surface area (Å²) in [4.78, 5) is 17.1. The number of aromatic nitrogens is 1. The lowest BCUT2D eigenvalue weighted by Gasteiger charge is -2.13. The fourth-order valence-electron chi connectivity index (χ4n) is 2.90. The van der Waals surface area contributed by atoms with Crippen molar-refractivity contribution in [3.8, 4) is 10.6 Å². The second-order valence-electron chi connectivity index (χ2n) is 6.48. The second-order valence-corrected chi connectivity index (χ2v) is 9.60. The van der Waals surface area contributed by atoms with Crippen LogP contribution in [0.5, 0.6) is 0 Å². The van der Waals surface area contributed by atoms with Crippen LogP contribution in [0.4, 0.5) is 5.69 Å². The number of fused-ring (bicyclic) bond motifs is 1. The van der Waals surface area contributed by atoms with Gasteiger partial charge in [0.2, 0.25) is 5.91 Å². The van der Waals surface area contributed by atoms with E-state index in [0.29, 0.717) is 5.02 Å². The van der Waals surface area contributed by atoms with Gasteiger partial charge in [-0.05, 0) is 82.8 Å². The van der Waals surface area contributed by atoms with Gasteiger partial charge < -0.3 is 10.6 Å². The molecule has 1 aromatic heterocycles. The first-order valence-electron chi connectivity index (χ1n) is 8.99. The summed E-state index contributed by atoms with van der Waals surface area (Å²) in [5.74, 6) is -0.193. The lowest BCUT2D eigenvalue weighted by Crippen LogP contribution is -2.35. The number of para-hydroxylation sites is 1. The molecule has 0 aliphatic rings. The van der Waals surface area contributed by atoms with E-state index in [4.69, 9.17) is 28.8 Å². The lowest BCUT2D eigenvalue weighted by molar-refractivity contribution is -0.119. The summed E-state index contributed by atoms with van der Waals surface area (Å²) in [5.41, 5.74) is 3.56. The van der Waals surface area contributed by atoms with Gasteiger partial charge in [-0.3, -0.25) is 4.79 Å². The maximum atomic E-state index is 12.3. The first-order valence-corrected chi connectivity index (χ1v) is 11.7. The summed E-state index contributed by atoms with van der Waals surface area (Å²) in [5, 5.41) is 7.67. The Bertz CT molecular complexity index is 1210. The van der Waals surface area contributed by atoms with Crippen LogP contribution in [0.2, 0.25) is 5.02 Å². The third-order valence-electron chi connectivity index (χ3n) is 4.28. The van der Waals surface area contributed by atoms with Crippen molar-refractivity contribution in [1.82, 2.24) is 10.3 Å². The normalized spacial score (nSPS) is 10.7. The molecule has 0 fully saturated rings. The summed E-state index contributed by atoms with van der Waals surface area (Å²) in [6.07, 6.45) is 0.219. The molecule has 30 heavy (non-hydrogen) atoms. The molecule has 0 radical (unpaired) electrons. The maximum Gasteiger partial charge on any atom is 0.230 e. The number of thiazole rings is 1. The predicted molar refractivity (Wildman–Crippen MR) is 137 cm³/mol. The van der Waals surface area contributed by atoms with E-state index in [9.17, 15) is 4.79 Å². The Balaban J connectivity index is 1.50. The van der Waals surface area contributed by atoms with Crippen molar-refractivity contribution in [3.05, 3.63) is 80.9 Å². The molecule has 8 heteroatoms. The summed E-state index contributed by atoms with van der Waals surface area (Å²) < 4.78 is 2.21. The monoisotopic (exact) mass is 563 g/mol. The second kappa shape index (κ2) is 9.38. The minimum Gasteiger partial charge on any atom is -0.332 e. The number of thiocarbonyl (C=S) groups is 1. The van der Waals surface area contributed by atoms with Crippen molar-refractivity contribution in [2.45, 2.75) is 6.42 Å². The van der Waals surface area contributed by atoms with Crippen molar-refractivity contribution in [1.29, 1.82) is 0 Å². The van der Waals surface area contributed by atoms with Crippen molar-refractivity contribution < 1.29 is 4.79 Å². The van der Waals surface area contributed by atoms with Gasteiger partial charge in [0.1, 0.15) is 5.01 Å². The van der Waals surface area contributed by atoms with Crippen LogP contribution >= 0.6 is 57.7 Å². The van der Waals surface area contributed by atoms with E-state index in [-0.39, 0.29) is 17.4 Å². The number of nitrogens with zero attached hydrogens (tertiary/aromatic N) is 1. The molecule has 1 amide bonds. The van der Waals surface area contributed by atoms with Gasteiger partial charge in [0.05, 0.1) is 22.3 Å². The molecule has 4 rings (SSSR count). The summed E-state index contributed by atoms with van der Waals surface area (Å²) >= 11 is 15.2. The molecule has 0 aliphatic carbocycles. The van der Waals surface area contributed by atoms with E-state index in [0.717, 1.165) is 35.6 Å². The van der Waals surface area contributed by atoms with Crippen molar-refractivity contribution in [3.63, 3.8) is 0 Å². The van der Waals surface area contributed by atoms with E-state index in [2.05, 4.69) is 45.4 Å². The quantitative estimate of drug-likeness (QED) is 0.227. The SMILES string of the molecule is O=C(Cc1ccc(Cl)cc1)NC(=S)Nc1ccc(I)cc1-c1nc2ccccc2s1. The van der Waals surface area contributed by atoms with Crippen LogP contribution < -0.4 is 10.6 Å². The van der Waals surface area contributed by atoms with Crippen LogP contribution in [0.1, 0.15) is 5.56 Å². The molecular formula is C22H15ClIN3OS2. The van der Waals surface area contributed by atoms with Gasteiger partial charge in [0, 0.05) is 14.2 Å². The van der Waals surface area contributed by atoms with Gasteiger partial charge in [-0.25, -0.2) is 4.98 Å². The highest BCUT2D eigenvalue weighted by molar-refractivity contribution is 14.1. The Morgan fingerprint density at radius 3 is 2.63 bits per heavy atom. The lowest BCUT2D eigenvalue weighted by atomic mass is 10.1. The number of carbonyl (C=O) groups excluding carboxylic acids is 1. The molecule has 0 unspecified atom stereocenters. The Morgan fingerprint density at radius 1 is 1.10 bits per heavy atom. The Morgan fingerprint density at radius 2 is 1.87 bits per heavy atom. The number of amides is 1. The first-order chi connectivity index (χ1) is 14.5. The van der Waals surface area contributed by atoms with Crippen molar-refractivity contribution in [2.75, 3.05) is 5.32 Å². The number of rotatable bonds is 4. The molecule has 0 bridgehead atoms. The van der Waals surface area contributed by atoms with Crippen LogP contribution in [-0.2, 0) is 11.2 Å². The molecule has 1 heterocycles. The van der Waals surface area contributed by atoms with Crippen LogP contribution in [0.25, 0.3) is 20.8 Å². The zero-order valence-electron chi connectivity index (χ0n) is 15.5. The third kappa shape index (κ3) is 5.15. The number of hydrogen-bond acceptors (Lipinski definition) is 4. The number of halogens is 2. The summed E-state index contributed by atoms with van der Waals surface area (Å²) in [7, 11) is 0. The van der Waals surface area contributed by atoms with Crippen LogP contribution in [0.3, 0.4) is 0 Å². The van der Waals surface area contributed by atoms with Gasteiger partial charge in [-0.15, -0.1) is 11.3 Å². The Kier molecular flexibility index (Phi) is 6.62. The molecule has 2 N–H and O–H groups in total. The average molecular weight is 564 g/mol. The molecule has 0 aliphatic heterocycles. The topological polar surface area (TPSA) is 54.0 Å². The third-order valence-corrected chi connectivity index (χ3v) is 6.48. The summed E-state index contributed by atoms with van der Waals surface area (Å²) in [6.45, 7) is 0. The molecule has 4 aromatic rings. The van der Waals surface area contributed by atoms with Gasteiger partial charge in [0.15, 0.2) is 5.11 Å². The highest BCUT2D eigenvalue weighted by Crippen LogP contribution is 2.35.